The molecule has 1 unspecified atom stereocenters. The number of nitrogen functional groups attached to an aromatic ring is 1. The fourth-order valence-corrected chi connectivity index (χ4v) is 3.99. The number of nitrogens with two attached hydrogens (primary N) is 1. The number of benzene rings is 2. The first-order valence-electron chi connectivity index (χ1n) is 11.2. The predicted octanol–water partition coefficient (Wildman–Crippen LogP) is 3.89. The Balaban J connectivity index is 1.55. The van der Waals surface area contributed by atoms with E-state index in [1.807, 2.05) is 18.2 Å². The lowest BCUT2D eigenvalue weighted by atomic mass is 10.0. The van der Waals surface area contributed by atoms with E-state index in [9.17, 15) is 4.79 Å². The monoisotopic (exact) mass is 485 g/mol. The molecule has 0 radical (unpaired) electrons. The van der Waals surface area contributed by atoms with Crippen molar-refractivity contribution in [3.63, 3.8) is 0 Å². The minimum Gasteiger partial charge on any atom is -0.457 e. The van der Waals surface area contributed by atoms with Crippen LogP contribution in [0, 0.1) is 22.6 Å². The predicted molar refractivity (Wildman–Crippen MR) is 133 cm³/mol. The van der Waals surface area contributed by atoms with Crippen LogP contribution in [0.1, 0.15) is 24.0 Å². The minimum absolute atomic E-state index is 0.00531. The first-order valence-corrected chi connectivity index (χ1v) is 11.2. The number of nitriles is 1. The summed E-state index contributed by atoms with van der Waals surface area (Å²) < 4.78 is 20.7. The number of carbonyl (C=O) groups excluding carboxylic acids is 1. The molecule has 1 aliphatic heterocycles. The molecule has 2 aromatic carbocycles. The van der Waals surface area contributed by atoms with Crippen molar-refractivity contribution < 1.29 is 13.9 Å². The van der Waals surface area contributed by atoms with E-state index in [-0.39, 0.29) is 45.8 Å². The van der Waals surface area contributed by atoms with Gasteiger partial charge in [0.2, 0.25) is 0 Å². The van der Waals surface area contributed by atoms with Crippen molar-refractivity contribution in [2.45, 2.75) is 18.9 Å². The number of hydrogen-bond acceptors (Lipinski definition) is 8. The van der Waals surface area contributed by atoms with Crippen molar-refractivity contribution >= 4 is 23.3 Å². The number of likely N-dealkylation sites (tertiary alicyclic amines) is 1. The van der Waals surface area contributed by atoms with Crippen LogP contribution in [0.15, 0.2) is 67.0 Å². The summed E-state index contributed by atoms with van der Waals surface area (Å²) in [5.74, 6) is 0.0474. The molecule has 9 nitrogen and oxygen atoms in total. The number of carbonyl (C=O) groups is 1. The van der Waals surface area contributed by atoms with Gasteiger partial charge in [0.25, 0.3) is 5.91 Å². The maximum atomic E-state index is 15.1. The van der Waals surface area contributed by atoms with Gasteiger partial charge in [0.05, 0.1) is 11.3 Å². The lowest BCUT2D eigenvalue weighted by Crippen LogP contribution is -2.45. The van der Waals surface area contributed by atoms with Gasteiger partial charge in [-0.2, -0.15) is 5.26 Å². The Morgan fingerprint density at radius 2 is 2.03 bits per heavy atom. The number of nitrogens with one attached hydrogen (secondary N) is 2. The smallest absolute Gasteiger partial charge is 0.263 e. The second-order valence-corrected chi connectivity index (χ2v) is 8.24. The standard InChI is InChI=1S/C26H24FN7O2/c1-16(13-28)26(35)34-11-5-6-17(14-34)33-25-22(24(30)31-15-32-25)23(29)20-10-9-19(12-21(20)27)36-18-7-3-2-4-8-18/h2-4,7-10,12,15,17,29H,1,5-6,11,14H2,(H3,30,31,32,33). The molecule has 36 heavy (non-hydrogen) atoms. The van der Waals surface area contributed by atoms with Gasteiger partial charge in [-0.05, 0) is 37.1 Å². The van der Waals surface area contributed by atoms with Crippen LogP contribution in [0.2, 0.25) is 0 Å². The van der Waals surface area contributed by atoms with E-state index in [0.717, 1.165) is 6.42 Å². The molecular formula is C26H24FN7O2. The van der Waals surface area contributed by atoms with E-state index < -0.39 is 11.7 Å². The third-order valence-electron chi connectivity index (χ3n) is 5.76. The topological polar surface area (TPSA) is 141 Å². The maximum absolute atomic E-state index is 15.1. The summed E-state index contributed by atoms with van der Waals surface area (Å²) in [4.78, 5) is 22.1. The zero-order valence-corrected chi connectivity index (χ0v) is 19.4. The molecule has 1 fully saturated rings. The van der Waals surface area contributed by atoms with Gasteiger partial charge in [0.15, 0.2) is 0 Å². The van der Waals surface area contributed by atoms with E-state index in [4.69, 9.17) is 21.1 Å². The summed E-state index contributed by atoms with van der Waals surface area (Å²) in [6.07, 6.45) is 2.68. The van der Waals surface area contributed by atoms with E-state index in [1.54, 1.807) is 29.2 Å². The molecule has 1 aromatic heterocycles. The lowest BCUT2D eigenvalue weighted by Gasteiger charge is -2.33. The number of ether oxygens (including phenoxy) is 1. The first kappa shape index (κ1) is 24.3. The SMILES string of the molecule is C=C(C#N)C(=O)N1CCCC(Nc2ncnc(N)c2C(=N)c2ccc(Oc3ccccc3)cc2F)C1. The highest BCUT2D eigenvalue weighted by Crippen LogP contribution is 2.28. The Morgan fingerprint density at radius 1 is 1.25 bits per heavy atom. The van der Waals surface area contributed by atoms with Crippen LogP contribution in [-0.4, -0.2) is 45.6 Å². The molecule has 1 saturated heterocycles. The molecule has 1 aliphatic rings. The van der Waals surface area contributed by atoms with Crippen LogP contribution in [0.5, 0.6) is 11.5 Å². The van der Waals surface area contributed by atoms with E-state index in [2.05, 4.69) is 21.9 Å². The van der Waals surface area contributed by atoms with Gasteiger partial charge in [0.1, 0.15) is 46.9 Å². The molecule has 2 heterocycles. The first-order chi connectivity index (χ1) is 17.4. The Labute approximate surface area is 207 Å². The van der Waals surface area contributed by atoms with Gasteiger partial charge in [-0.25, -0.2) is 14.4 Å². The van der Waals surface area contributed by atoms with Crippen LogP contribution < -0.4 is 15.8 Å². The summed E-state index contributed by atoms with van der Waals surface area (Å²) in [6.45, 7) is 4.32. The number of piperidine rings is 1. The average molecular weight is 486 g/mol. The second-order valence-electron chi connectivity index (χ2n) is 8.24. The second kappa shape index (κ2) is 10.7. The number of anilines is 2. The maximum Gasteiger partial charge on any atom is 0.263 e. The largest absolute Gasteiger partial charge is 0.457 e. The van der Waals surface area contributed by atoms with E-state index >= 15 is 4.39 Å². The van der Waals surface area contributed by atoms with Crippen molar-refractivity contribution in [3.05, 3.63) is 84.0 Å². The van der Waals surface area contributed by atoms with Crippen molar-refractivity contribution in [1.82, 2.24) is 14.9 Å². The number of rotatable bonds is 7. The minimum atomic E-state index is -0.660. The summed E-state index contributed by atoms with van der Waals surface area (Å²) in [6, 6.07) is 14.8. The molecule has 1 atom stereocenters. The van der Waals surface area contributed by atoms with Crippen molar-refractivity contribution in [1.29, 1.82) is 10.7 Å². The highest BCUT2D eigenvalue weighted by Gasteiger charge is 2.27. The van der Waals surface area contributed by atoms with Gasteiger partial charge in [-0.15, -0.1) is 0 Å². The molecule has 0 aliphatic carbocycles. The Bertz CT molecular complexity index is 1350. The molecule has 3 aromatic rings. The molecule has 0 spiro atoms. The summed E-state index contributed by atoms with van der Waals surface area (Å²) >= 11 is 0. The fraction of sp³-hybridized carbons (Fsp3) is 0.192. The summed E-state index contributed by atoms with van der Waals surface area (Å²) in [5, 5.41) is 20.9. The van der Waals surface area contributed by atoms with Crippen LogP contribution in [0.25, 0.3) is 0 Å². The van der Waals surface area contributed by atoms with Gasteiger partial charge in [0, 0.05) is 30.8 Å². The van der Waals surface area contributed by atoms with Gasteiger partial charge < -0.3 is 20.7 Å². The fourth-order valence-electron chi connectivity index (χ4n) is 3.99. The molecular weight excluding hydrogens is 461 g/mol. The average Bonchev–Trinajstić information content (AvgIpc) is 2.88. The van der Waals surface area contributed by atoms with Gasteiger partial charge in [-0.3, -0.25) is 10.2 Å². The summed E-state index contributed by atoms with van der Waals surface area (Å²) in [5.41, 5.74) is 5.93. The highest BCUT2D eigenvalue weighted by atomic mass is 19.1. The van der Waals surface area contributed by atoms with Crippen molar-refractivity contribution in [2.75, 3.05) is 24.1 Å². The zero-order valence-electron chi connectivity index (χ0n) is 19.4. The van der Waals surface area contributed by atoms with Crippen LogP contribution >= 0.6 is 0 Å². The van der Waals surface area contributed by atoms with Crippen LogP contribution in [0.4, 0.5) is 16.0 Å². The Kier molecular flexibility index (Phi) is 7.20. The zero-order chi connectivity index (χ0) is 25.7. The van der Waals surface area contributed by atoms with Crippen LogP contribution in [-0.2, 0) is 4.79 Å². The number of hydrogen-bond donors (Lipinski definition) is 3. The van der Waals surface area contributed by atoms with E-state index in [0.29, 0.717) is 25.3 Å². The Hall–Kier alpha value is -4.78. The highest BCUT2D eigenvalue weighted by molar-refractivity contribution is 6.16. The van der Waals surface area contributed by atoms with Gasteiger partial charge in [-0.1, -0.05) is 24.8 Å². The van der Waals surface area contributed by atoms with Crippen molar-refractivity contribution in [3.8, 4) is 17.6 Å². The van der Waals surface area contributed by atoms with Crippen molar-refractivity contribution in [2.24, 2.45) is 0 Å². The number of aromatic nitrogens is 2. The molecule has 0 bridgehead atoms. The molecule has 0 saturated carbocycles. The summed E-state index contributed by atoms with van der Waals surface area (Å²) in [7, 11) is 0. The number of para-hydroxylation sites is 1. The molecule has 10 heteroatoms. The lowest BCUT2D eigenvalue weighted by molar-refractivity contribution is -0.127. The molecule has 4 N–H and O–H groups in total. The van der Waals surface area contributed by atoms with Crippen LogP contribution in [0.3, 0.4) is 0 Å². The third kappa shape index (κ3) is 5.31. The third-order valence-corrected chi connectivity index (χ3v) is 5.76. The van der Waals surface area contributed by atoms with E-state index in [1.165, 1.54) is 18.5 Å². The van der Waals surface area contributed by atoms with Gasteiger partial charge >= 0.3 is 0 Å². The quantitative estimate of drug-likeness (QED) is 0.262. The molecule has 182 valence electrons. The Morgan fingerprint density at radius 3 is 2.75 bits per heavy atom. The molecule has 4 rings (SSSR count). The molecule has 1 amide bonds. The number of halogens is 1. The number of amides is 1. The number of nitrogens with zero attached hydrogens (tertiary/aromatic N) is 4. The normalized spacial score (nSPS) is 15.0.